The average Bonchev–Trinajstić information content (AvgIpc) is 3.19. The lowest BCUT2D eigenvalue weighted by Gasteiger charge is -2.30. The summed E-state index contributed by atoms with van der Waals surface area (Å²) >= 11 is 0. The maximum atomic E-state index is 13.9. The standard InChI is InChI=1S/C21H27FN4O2.ClH/c1-3-25-11-10-24-19(25)14-26(18-13-21(18)6-8-23-9-7-21)20(27)16-12-15(22)4-5-17(16)28-2;/h4-5,10-12,18,23H,3,6-9,13-14H2,1-2H3;1H. The first-order valence-electron chi connectivity index (χ1n) is 9.93. The number of aromatic nitrogens is 2. The highest BCUT2D eigenvalue weighted by atomic mass is 35.5. The molecule has 2 heterocycles. The molecule has 1 N–H and O–H groups in total. The van der Waals surface area contributed by atoms with E-state index in [1.807, 2.05) is 15.7 Å². The summed E-state index contributed by atoms with van der Waals surface area (Å²) in [6, 6.07) is 4.26. The van der Waals surface area contributed by atoms with Crippen LogP contribution in [0.25, 0.3) is 0 Å². The minimum atomic E-state index is -0.438. The van der Waals surface area contributed by atoms with Gasteiger partial charge in [-0.05, 0) is 62.9 Å². The van der Waals surface area contributed by atoms with Crippen molar-refractivity contribution in [1.82, 2.24) is 19.8 Å². The number of amides is 1. The Morgan fingerprint density at radius 3 is 2.86 bits per heavy atom. The fourth-order valence-corrected chi connectivity index (χ4v) is 4.49. The number of benzene rings is 1. The normalized spacial score (nSPS) is 19.5. The maximum Gasteiger partial charge on any atom is 0.258 e. The van der Waals surface area contributed by atoms with Crippen molar-refractivity contribution in [2.75, 3.05) is 20.2 Å². The number of ether oxygens (including phenoxy) is 1. The number of carbonyl (C=O) groups excluding carboxylic acids is 1. The van der Waals surface area contributed by atoms with E-state index in [1.165, 1.54) is 25.3 Å². The van der Waals surface area contributed by atoms with Gasteiger partial charge >= 0.3 is 0 Å². The Bertz CT molecular complexity index is 866. The number of rotatable bonds is 6. The van der Waals surface area contributed by atoms with Crippen LogP contribution < -0.4 is 10.1 Å². The third-order valence-corrected chi connectivity index (χ3v) is 6.23. The van der Waals surface area contributed by atoms with Gasteiger partial charge in [-0.15, -0.1) is 12.4 Å². The van der Waals surface area contributed by atoms with E-state index in [-0.39, 0.29) is 35.3 Å². The number of imidazole rings is 1. The molecule has 1 aliphatic carbocycles. The zero-order chi connectivity index (χ0) is 19.7. The molecule has 29 heavy (non-hydrogen) atoms. The van der Waals surface area contributed by atoms with Crippen molar-refractivity contribution in [2.24, 2.45) is 5.41 Å². The second-order valence-electron chi connectivity index (χ2n) is 7.74. The van der Waals surface area contributed by atoms with Crippen molar-refractivity contribution in [3.8, 4) is 5.75 Å². The molecule has 0 bridgehead atoms. The summed E-state index contributed by atoms with van der Waals surface area (Å²) in [5.74, 6) is 0.617. The topological polar surface area (TPSA) is 59.4 Å². The second kappa shape index (κ2) is 8.71. The monoisotopic (exact) mass is 422 g/mol. The predicted octanol–water partition coefficient (Wildman–Crippen LogP) is 3.26. The van der Waals surface area contributed by atoms with Crippen LogP contribution >= 0.6 is 12.4 Å². The highest BCUT2D eigenvalue weighted by Gasteiger charge is 2.58. The molecule has 1 aromatic heterocycles. The van der Waals surface area contributed by atoms with Gasteiger partial charge in [0.15, 0.2) is 0 Å². The van der Waals surface area contributed by atoms with Crippen LogP contribution in [0.2, 0.25) is 0 Å². The van der Waals surface area contributed by atoms with Gasteiger partial charge in [-0.2, -0.15) is 0 Å². The first-order chi connectivity index (χ1) is 13.6. The van der Waals surface area contributed by atoms with E-state index in [9.17, 15) is 9.18 Å². The molecule has 4 rings (SSSR count). The highest BCUT2D eigenvalue weighted by Crippen LogP contribution is 2.56. The number of aryl methyl sites for hydroxylation is 1. The molecule has 2 aliphatic rings. The summed E-state index contributed by atoms with van der Waals surface area (Å²) in [6.45, 7) is 5.22. The first kappa shape index (κ1) is 21.6. The minimum Gasteiger partial charge on any atom is -0.496 e. The number of piperidine rings is 1. The van der Waals surface area contributed by atoms with Crippen LogP contribution in [0.3, 0.4) is 0 Å². The maximum absolute atomic E-state index is 13.9. The zero-order valence-corrected chi connectivity index (χ0v) is 17.7. The van der Waals surface area contributed by atoms with E-state index in [2.05, 4.69) is 17.2 Å². The van der Waals surface area contributed by atoms with Gasteiger partial charge in [0.2, 0.25) is 0 Å². The van der Waals surface area contributed by atoms with Gasteiger partial charge in [0.05, 0.1) is 19.2 Å². The molecule has 1 atom stereocenters. The summed E-state index contributed by atoms with van der Waals surface area (Å²) in [5, 5.41) is 3.40. The molecule has 6 nitrogen and oxygen atoms in total. The second-order valence-corrected chi connectivity index (χ2v) is 7.74. The molecule has 1 saturated carbocycles. The van der Waals surface area contributed by atoms with Crippen molar-refractivity contribution in [1.29, 1.82) is 0 Å². The van der Waals surface area contributed by atoms with Crippen molar-refractivity contribution in [2.45, 2.75) is 45.3 Å². The number of halogens is 2. The number of hydrogen-bond acceptors (Lipinski definition) is 4. The largest absolute Gasteiger partial charge is 0.496 e. The molecule has 158 valence electrons. The summed E-state index contributed by atoms with van der Waals surface area (Å²) in [6.07, 6.45) is 6.80. The SMILES string of the molecule is CCn1ccnc1CN(C(=O)c1cc(F)ccc1OC)C1CC12CCNCC2.Cl. The molecule has 1 spiro atoms. The molecular formula is C21H28ClFN4O2. The highest BCUT2D eigenvalue weighted by molar-refractivity contribution is 5.97. The smallest absolute Gasteiger partial charge is 0.258 e. The van der Waals surface area contributed by atoms with Gasteiger partial charge < -0.3 is 19.5 Å². The molecule has 1 aromatic carbocycles. The Morgan fingerprint density at radius 2 is 2.17 bits per heavy atom. The Morgan fingerprint density at radius 1 is 1.41 bits per heavy atom. The van der Waals surface area contributed by atoms with Gasteiger partial charge in [0.25, 0.3) is 5.91 Å². The van der Waals surface area contributed by atoms with Gasteiger partial charge in [0, 0.05) is 25.0 Å². The molecule has 1 unspecified atom stereocenters. The molecule has 8 heteroatoms. The third-order valence-electron chi connectivity index (χ3n) is 6.23. The first-order valence-corrected chi connectivity index (χ1v) is 9.93. The summed E-state index contributed by atoms with van der Waals surface area (Å²) in [4.78, 5) is 19.9. The Labute approximate surface area is 176 Å². The van der Waals surface area contributed by atoms with Crippen molar-refractivity contribution in [3.63, 3.8) is 0 Å². The van der Waals surface area contributed by atoms with Gasteiger partial charge in [0.1, 0.15) is 17.4 Å². The molecule has 0 radical (unpaired) electrons. The van der Waals surface area contributed by atoms with E-state index in [1.54, 1.807) is 6.20 Å². The van der Waals surface area contributed by atoms with E-state index in [0.717, 1.165) is 44.7 Å². The van der Waals surface area contributed by atoms with Crippen LogP contribution in [0.1, 0.15) is 42.4 Å². The van der Waals surface area contributed by atoms with Gasteiger partial charge in [-0.3, -0.25) is 4.79 Å². The van der Waals surface area contributed by atoms with Crippen LogP contribution in [0.5, 0.6) is 5.75 Å². The van der Waals surface area contributed by atoms with Crippen LogP contribution in [0.4, 0.5) is 4.39 Å². The van der Waals surface area contributed by atoms with Crippen LogP contribution in [-0.4, -0.2) is 46.6 Å². The number of hydrogen-bond donors (Lipinski definition) is 1. The van der Waals surface area contributed by atoms with Crippen molar-refractivity contribution in [3.05, 3.63) is 47.8 Å². The van der Waals surface area contributed by atoms with Gasteiger partial charge in [-0.1, -0.05) is 0 Å². The Hall–Kier alpha value is -2.12. The predicted molar refractivity (Wildman–Crippen MR) is 111 cm³/mol. The Balaban J connectivity index is 0.00000240. The lowest BCUT2D eigenvalue weighted by molar-refractivity contribution is 0.0681. The molecule has 2 aromatic rings. The summed E-state index contributed by atoms with van der Waals surface area (Å²) < 4.78 is 21.3. The minimum absolute atomic E-state index is 0. The quantitative estimate of drug-likeness (QED) is 0.776. The van der Waals surface area contributed by atoms with Crippen molar-refractivity contribution >= 4 is 18.3 Å². The fraction of sp³-hybridized carbons (Fsp3) is 0.524. The van der Waals surface area contributed by atoms with Crippen LogP contribution in [-0.2, 0) is 13.1 Å². The molecular weight excluding hydrogens is 395 g/mol. The molecule has 1 amide bonds. The zero-order valence-electron chi connectivity index (χ0n) is 16.9. The third kappa shape index (κ3) is 4.12. The number of carbonyl (C=O) groups is 1. The van der Waals surface area contributed by atoms with Crippen LogP contribution in [0, 0.1) is 11.2 Å². The molecule has 2 fully saturated rings. The van der Waals surface area contributed by atoms with E-state index in [4.69, 9.17) is 4.74 Å². The van der Waals surface area contributed by atoms with E-state index in [0.29, 0.717) is 12.3 Å². The lowest BCUT2D eigenvalue weighted by atomic mass is 9.93. The number of nitrogens with zero attached hydrogens (tertiary/aromatic N) is 3. The average molecular weight is 423 g/mol. The molecule has 1 aliphatic heterocycles. The van der Waals surface area contributed by atoms with Gasteiger partial charge in [-0.25, -0.2) is 9.37 Å². The Kier molecular flexibility index (Phi) is 6.49. The fourth-order valence-electron chi connectivity index (χ4n) is 4.49. The lowest BCUT2D eigenvalue weighted by Crippen LogP contribution is -2.39. The number of methoxy groups -OCH3 is 1. The van der Waals surface area contributed by atoms with E-state index < -0.39 is 5.82 Å². The van der Waals surface area contributed by atoms with Crippen molar-refractivity contribution < 1.29 is 13.9 Å². The summed E-state index contributed by atoms with van der Waals surface area (Å²) in [5.41, 5.74) is 0.443. The number of nitrogens with one attached hydrogen (secondary N) is 1. The molecule has 1 saturated heterocycles. The summed E-state index contributed by atoms with van der Waals surface area (Å²) in [7, 11) is 1.50. The van der Waals surface area contributed by atoms with E-state index >= 15 is 0 Å². The van der Waals surface area contributed by atoms with Crippen LogP contribution in [0.15, 0.2) is 30.6 Å².